The molecule has 4 heteroatoms. The highest BCUT2D eigenvalue weighted by Crippen LogP contribution is 2.09. The van der Waals surface area contributed by atoms with E-state index in [-0.39, 0.29) is 11.7 Å². The van der Waals surface area contributed by atoms with Crippen LogP contribution < -0.4 is 5.32 Å². The lowest BCUT2D eigenvalue weighted by molar-refractivity contribution is -0.122. The van der Waals surface area contributed by atoms with Crippen molar-refractivity contribution < 1.29 is 9.18 Å². The number of aryl methyl sites for hydroxylation is 1. The maximum absolute atomic E-state index is 12.8. The minimum atomic E-state index is -0.270. The van der Waals surface area contributed by atoms with Crippen LogP contribution in [0.4, 0.5) is 4.39 Å². The number of amides is 1. The molecule has 0 spiro atoms. The van der Waals surface area contributed by atoms with Crippen molar-refractivity contribution >= 4 is 5.91 Å². The molecule has 0 aliphatic carbocycles. The number of likely N-dealkylation sites (N-methyl/N-ethyl adjacent to an activating group) is 1. The third-order valence-corrected chi connectivity index (χ3v) is 3.52. The van der Waals surface area contributed by atoms with Gasteiger partial charge in [0.05, 0.1) is 6.54 Å². The van der Waals surface area contributed by atoms with Crippen LogP contribution in [0.5, 0.6) is 0 Å². The molecule has 2 aromatic rings. The van der Waals surface area contributed by atoms with Gasteiger partial charge in [-0.15, -0.1) is 0 Å². The molecule has 1 N–H and O–H groups in total. The molecule has 0 unspecified atom stereocenters. The van der Waals surface area contributed by atoms with Gasteiger partial charge >= 0.3 is 0 Å². The fraction of sp³-hybridized carbons (Fsp3) is 0.278. The smallest absolute Gasteiger partial charge is 0.234 e. The highest BCUT2D eigenvalue weighted by Gasteiger charge is 2.08. The van der Waals surface area contributed by atoms with Gasteiger partial charge in [-0.3, -0.25) is 9.69 Å². The largest absolute Gasteiger partial charge is 0.351 e. The molecule has 3 nitrogen and oxygen atoms in total. The fourth-order valence-electron chi connectivity index (χ4n) is 2.24. The SMILES string of the molecule is Cc1ccccc1CN(C)CC(=O)NCc1ccc(F)cc1. The lowest BCUT2D eigenvalue weighted by Crippen LogP contribution is -2.34. The molecule has 0 radical (unpaired) electrons. The summed E-state index contributed by atoms with van der Waals surface area (Å²) in [5.41, 5.74) is 3.33. The Morgan fingerprint density at radius 1 is 1.14 bits per heavy atom. The third kappa shape index (κ3) is 4.97. The number of hydrogen-bond donors (Lipinski definition) is 1. The summed E-state index contributed by atoms with van der Waals surface area (Å²) >= 11 is 0. The fourth-order valence-corrected chi connectivity index (χ4v) is 2.24. The van der Waals surface area contributed by atoms with Gasteiger partial charge in [0.1, 0.15) is 5.82 Å². The number of hydrogen-bond acceptors (Lipinski definition) is 2. The van der Waals surface area contributed by atoms with Crippen LogP contribution in [0.1, 0.15) is 16.7 Å². The average molecular weight is 300 g/mol. The summed E-state index contributed by atoms with van der Waals surface area (Å²) < 4.78 is 12.8. The van der Waals surface area contributed by atoms with Crippen LogP contribution in [0.3, 0.4) is 0 Å². The second-order valence-electron chi connectivity index (χ2n) is 5.50. The number of nitrogens with zero attached hydrogens (tertiary/aromatic N) is 1. The maximum atomic E-state index is 12.8. The van der Waals surface area contributed by atoms with Crippen molar-refractivity contribution in [3.05, 3.63) is 71.0 Å². The molecule has 0 atom stereocenters. The molecular formula is C18H21FN2O. The van der Waals surface area contributed by atoms with Crippen molar-refractivity contribution in [3.63, 3.8) is 0 Å². The summed E-state index contributed by atoms with van der Waals surface area (Å²) in [7, 11) is 1.92. The van der Waals surface area contributed by atoms with Crippen molar-refractivity contribution in [1.29, 1.82) is 0 Å². The van der Waals surface area contributed by atoms with Gasteiger partial charge in [-0.2, -0.15) is 0 Å². The lowest BCUT2D eigenvalue weighted by atomic mass is 10.1. The predicted molar refractivity (Wildman–Crippen MR) is 85.8 cm³/mol. The highest BCUT2D eigenvalue weighted by molar-refractivity contribution is 5.77. The summed E-state index contributed by atoms with van der Waals surface area (Å²) in [6.07, 6.45) is 0. The van der Waals surface area contributed by atoms with Crippen LogP contribution in [0.2, 0.25) is 0 Å². The Bertz CT molecular complexity index is 625. The van der Waals surface area contributed by atoms with E-state index < -0.39 is 0 Å². The summed E-state index contributed by atoms with van der Waals surface area (Å²) in [6.45, 7) is 3.54. The molecule has 0 aliphatic rings. The van der Waals surface area contributed by atoms with E-state index in [1.807, 2.05) is 24.1 Å². The van der Waals surface area contributed by atoms with Gasteiger partial charge < -0.3 is 5.32 Å². The van der Waals surface area contributed by atoms with E-state index in [2.05, 4.69) is 24.4 Å². The first-order valence-electron chi connectivity index (χ1n) is 7.29. The molecule has 0 aromatic heterocycles. The van der Waals surface area contributed by atoms with Gasteiger partial charge in [-0.25, -0.2) is 4.39 Å². The Morgan fingerprint density at radius 3 is 2.50 bits per heavy atom. The minimum Gasteiger partial charge on any atom is -0.351 e. The first kappa shape index (κ1) is 16.2. The summed E-state index contributed by atoms with van der Waals surface area (Å²) in [5.74, 6) is -0.312. The van der Waals surface area contributed by atoms with Crippen molar-refractivity contribution in [2.24, 2.45) is 0 Å². The molecule has 22 heavy (non-hydrogen) atoms. The lowest BCUT2D eigenvalue weighted by Gasteiger charge is -2.17. The van der Waals surface area contributed by atoms with Gasteiger partial charge in [0.2, 0.25) is 5.91 Å². The van der Waals surface area contributed by atoms with Crippen molar-refractivity contribution in [2.45, 2.75) is 20.0 Å². The third-order valence-electron chi connectivity index (χ3n) is 3.52. The van der Waals surface area contributed by atoms with Crippen LogP contribution in [0, 0.1) is 12.7 Å². The number of nitrogens with one attached hydrogen (secondary N) is 1. The summed E-state index contributed by atoms with van der Waals surface area (Å²) in [6, 6.07) is 14.3. The number of halogens is 1. The first-order valence-corrected chi connectivity index (χ1v) is 7.29. The molecule has 0 bridgehead atoms. The average Bonchev–Trinajstić information content (AvgIpc) is 2.49. The molecule has 116 valence electrons. The normalized spacial score (nSPS) is 10.7. The van der Waals surface area contributed by atoms with E-state index in [4.69, 9.17) is 0 Å². The molecule has 0 saturated carbocycles. The molecular weight excluding hydrogens is 279 g/mol. The van der Waals surface area contributed by atoms with E-state index in [9.17, 15) is 9.18 Å². The molecule has 0 fully saturated rings. The monoisotopic (exact) mass is 300 g/mol. The summed E-state index contributed by atoms with van der Waals surface area (Å²) in [4.78, 5) is 13.9. The second-order valence-corrected chi connectivity index (χ2v) is 5.50. The number of benzene rings is 2. The predicted octanol–water partition coefficient (Wildman–Crippen LogP) is 2.88. The zero-order chi connectivity index (χ0) is 15.9. The van der Waals surface area contributed by atoms with Gasteiger partial charge in [-0.05, 0) is 42.8 Å². The number of carbonyl (C=O) groups excluding carboxylic acids is 1. The first-order chi connectivity index (χ1) is 10.5. The van der Waals surface area contributed by atoms with Crippen LogP contribution in [-0.2, 0) is 17.9 Å². The molecule has 1 amide bonds. The molecule has 2 rings (SSSR count). The van der Waals surface area contributed by atoms with Crippen LogP contribution in [0.25, 0.3) is 0 Å². The van der Waals surface area contributed by atoms with Gasteiger partial charge in [0.25, 0.3) is 0 Å². The highest BCUT2D eigenvalue weighted by atomic mass is 19.1. The second kappa shape index (κ2) is 7.71. The topological polar surface area (TPSA) is 32.3 Å². The van der Waals surface area contributed by atoms with Gasteiger partial charge in [0, 0.05) is 13.1 Å². The Labute approximate surface area is 130 Å². The van der Waals surface area contributed by atoms with E-state index in [1.165, 1.54) is 23.3 Å². The molecule has 0 saturated heterocycles. The minimum absolute atomic E-state index is 0.0413. The zero-order valence-electron chi connectivity index (χ0n) is 13.0. The van der Waals surface area contributed by atoms with Crippen molar-refractivity contribution in [2.75, 3.05) is 13.6 Å². The molecule has 0 heterocycles. The molecule has 0 aliphatic heterocycles. The van der Waals surface area contributed by atoms with Crippen LogP contribution in [0.15, 0.2) is 48.5 Å². The zero-order valence-corrected chi connectivity index (χ0v) is 13.0. The Kier molecular flexibility index (Phi) is 5.67. The molecule has 2 aromatic carbocycles. The van der Waals surface area contributed by atoms with Crippen LogP contribution in [-0.4, -0.2) is 24.4 Å². The number of rotatable bonds is 6. The van der Waals surface area contributed by atoms with E-state index in [1.54, 1.807) is 12.1 Å². The number of carbonyl (C=O) groups is 1. The Balaban J connectivity index is 1.79. The quantitative estimate of drug-likeness (QED) is 0.889. The summed E-state index contributed by atoms with van der Waals surface area (Å²) in [5, 5.41) is 2.85. The standard InChI is InChI=1S/C18H21FN2O/c1-14-5-3-4-6-16(14)12-21(2)13-18(22)20-11-15-7-9-17(19)10-8-15/h3-10H,11-13H2,1-2H3,(H,20,22). The van der Waals surface area contributed by atoms with E-state index in [0.29, 0.717) is 13.1 Å². The van der Waals surface area contributed by atoms with Crippen molar-refractivity contribution in [3.8, 4) is 0 Å². The Hall–Kier alpha value is -2.20. The maximum Gasteiger partial charge on any atom is 0.234 e. The Morgan fingerprint density at radius 2 is 1.82 bits per heavy atom. The van der Waals surface area contributed by atoms with Crippen molar-refractivity contribution in [1.82, 2.24) is 10.2 Å². The van der Waals surface area contributed by atoms with E-state index in [0.717, 1.165) is 12.1 Å². The van der Waals surface area contributed by atoms with E-state index >= 15 is 0 Å². The van der Waals surface area contributed by atoms with Gasteiger partial charge in [0.15, 0.2) is 0 Å². The van der Waals surface area contributed by atoms with Crippen LogP contribution >= 0.6 is 0 Å². The van der Waals surface area contributed by atoms with Gasteiger partial charge in [-0.1, -0.05) is 36.4 Å².